The zero-order valence-electron chi connectivity index (χ0n) is 10.2. The summed E-state index contributed by atoms with van der Waals surface area (Å²) >= 11 is 0. The molecule has 0 atom stereocenters. The number of nitrogens with one attached hydrogen (secondary N) is 1. The molecule has 6 heteroatoms. The molecule has 1 aromatic heterocycles. The van der Waals surface area contributed by atoms with Crippen molar-refractivity contribution in [2.75, 3.05) is 50.1 Å². The maximum Gasteiger partial charge on any atom is 0.149 e. The van der Waals surface area contributed by atoms with Crippen LogP contribution in [0.25, 0.3) is 0 Å². The lowest BCUT2D eigenvalue weighted by atomic mass is 10.3. The lowest BCUT2D eigenvalue weighted by Crippen LogP contribution is -2.24. The van der Waals surface area contributed by atoms with Crippen LogP contribution in [-0.2, 0) is 0 Å². The van der Waals surface area contributed by atoms with Gasteiger partial charge in [0.05, 0.1) is 24.2 Å². The van der Waals surface area contributed by atoms with Crippen molar-refractivity contribution in [3.63, 3.8) is 0 Å². The summed E-state index contributed by atoms with van der Waals surface area (Å²) in [7, 11) is 1.98. The van der Waals surface area contributed by atoms with Gasteiger partial charge >= 0.3 is 0 Å². The number of rotatable bonds is 7. The molecular weight excluding hydrogens is 218 g/mol. The Bertz CT molecular complexity index is 345. The number of nitrogen functional groups attached to an aromatic ring is 2. The van der Waals surface area contributed by atoms with E-state index in [4.69, 9.17) is 16.6 Å². The van der Waals surface area contributed by atoms with E-state index in [0.717, 1.165) is 19.5 Å². The number of aliphatic hydroxyl groups is 1. The van der Waals surface area contributed by atoms with Crippen molar-refractivity contribution in [3.8, 4) is 0 Å². The third-order valence-corrected chi connectivity index (χ3v) is 2.43. The van der Waals surface area contributed by atoms with E-state index >= 15 is 0 Å². The van der Waals surface area contributed by atoms with Crippen LogP contribution in [0.15, 0.2) is 12.3 Å². The van der Waals surface area contributed by atoms with Gasteiger partial charge in [0.2, 0.25) is 0 Å². The van der Waals surface area contributed by atoms with Crippen LogP contribution in [0.4, 0.5) is 17.2 Å². The first-order chi connectivity index (χ1) is 8.13. The Morgan fingerprint density at radius 3 is 2.82 bits per heavy atom. The van der Waals surface area contributed by atoms with Gasteiger partial charge in [0.1, 0.15) is 5.82 Å². The second kappa shape index (κ2) is 6.93. The molecule has 17 heavy (non-hydrogen) atoms. The lowest BCUT2D eigenvalue weighted by Gasteiger charge is -2.15. The second-order valence-electron chi connectivity index (χ2n) is 4.01. The van der Waals surface area contributed by atoms with Gasteiger partial charge in [-0.05, 0) is 26.1 Å². The summed E-state index contributed by atoms with van der Waals surface area (Å²) in [5.41, 5.74) is 12.4. The molecule has 0 saturated heterocycles. The van der Waals surface area contributed by atoms with Crippen molar-refractivity contribution < 1.29 is 5.11 Å². The molecule has 0 aliphatic heterocycles. The fraction of sp³-hybridized carbons (Fsp3) is 0.545. The fourth-order valence-corrected chi connectivity index (χ4v) is 1.48. The minimum absolute atomic E-state index is 0.191. The zero-order valence-corrected chi connectivity index (χ0v) is 10.2. The summed E-state index contributed by atoms with van der Waals surface area (Å²) in [5, 5.41) is 11.9. The van der Waals surface area contributed by atoms with Crippen molar-refractivity contribution in [2.45, 2.75) is 6.42 Å². The highest BCUT2D eigenvalue weighted by molar-refractivity contribution is 5.65. The van der Waals surface area contributed by atoms with Gasteiger partial charge in [-0.1, -0.05) is 0 Å². The summed E-state index contributed by atoms with van der Waals surface area (Å²) in [6.07, 6.45) is 2.54. The number of anilines is 3. The molecule has 0 aliphatic carbocycles. The number of nitrogens with two attached hydrogens (primary N) is 2. The first-order valence-corrected chi connectivity index (χ1v) is 5.67. The summed E-state index contributed by atoms with van der Waals surface area (Å²) < 4.78 is 0. The normalized spacial score (nSPS) is 10.8. The average molecular weight is 239 g/mol. The number of pyridine rings is 1. The van der Waals surface area contributed by atoms with E-state index in [-0.39, 0.29) is 6.61 Å². The van der Waals surface area contributed by atoms with E-state index in [1.54, 1.807) is 12.3 Å². The fourth-order valence-electron chi connectivity index (χ4n) is 1.48. The molecule has 1 aromatic rings. The molecule has 0 aliphatic rings. The SMILES string of the molecule is CN(CCO)CCCNc1ncc(N)cc1N. The maximum absolute atomic E-state index is 8.74. The summed E-state index contributed by atoms with van der Waals surface area (Å²) in [6.45, 7) is 2.60. The zero-order chi connectivity index (χ0) is 12.7. The molecule has 96 valence electrons. The first-order valence-electron chi connectivity index (χ1n) is 5.67. The van der Waals surface area contributed by atoms with Gasteiger partial charge in [0.25, 0.3) is 0 Å². The van der Waals surface area contributed by atoms with Crippen LogP contribution in [0.5, 0.6) is 0 Å². The predicted molar refractivity (Wildman–Crippen MR) is 70.8 cm³/mol. The Kier molecular flexibility index (Phi) is 5.51. The van der Waals surface area contributed by atoms with Crippen molar-refractivity contribution in [3.05, 3.63) is 12.3 Å². The smallest absolute Gasteiger partial charge is 0.149 e. The van der Waals surface area contributed by atoms with E-state index in [9.17, 15) is 0 Å². The van der Waals surface area contributed by atoms with Gasteiger partial charge in [-0.3, -0.25) is 0 Å². The predicted octanol–water partition coefficient (Wildman–Crippen LogP) is -0.0279. The number of aliphatic hydroxyl groups excluding tert-OH is 1. The number of likely N-dealkylation sites (N-methyl/N-ethyl adjacent to an activating group) is 1. The second-order valence-corrected chi connectivity index (χ2v) is 4.01. The molecule has 0 spiro atoms. The molecule has 0 aromatic carbocycles. The van der Waals surface area contributed by atoms with Crippen LogP contribution in [0.1, 0.15) is 6.42 Å². The quantitative estimate of drug-likeness (QED) is 0.499. The minimum Gasteiger partial charge on any atom is -0.397 e. The van der Waals surface area contributed by atoms with Gasteiger partial charge in [-0.15, -0.1) is 0 Å². The molecule has 0 radical (unpaired) electrons. The molecule has 6 N–H and O–H groups in total. The molecule has 0 saturated carbocycles. The molecule has 0 fully saturated rings. The van der Waals surface area contributed by atoms with Crippen LogP contribution in [-0.4, -0.2) is 48.3 Å². The largest absolute Gasteiger partial charge is 0.397 e. The van der Waals surface area contributed by atoms with Crippen molar-refractivity contribution >= 4 is 17.2 Å². The van der Waals surface area contributed by atoms with Crippen molar-refractivity contribution in [1.82, 2.24) is 9.88 Å². The summed E-state index contributed by atoms with van der Waals surface area (Å²) in [5.74, 6) is 0.670. The van der Waals surface area contributed by atoms with Gasteiger partial charge in [-0.25, -0.2) is 4.98 Å². The van der Waals surface area contributed by atoms with E-state index in [2.05, 4.69) is 15.2 Å². The van der Waals surface area contributed by atoms with E-state index in [1.165, 1.54) is 0 Å². The molecule has 6 nitrogen and oxygen atoms in total. The van der Waals surface area contributed by atoms with Crippen molar-refractivity contribution in [2.24, 2.45) is 0 Å². The van der Waals surface area contributed by atoms with Gasteiger partial charge in [0.15, 0.2) is 0 Å². The first kappa shape index (κ1) is 13.5. The Labute approximate surface area is 102 Å². The van der Waals surface area contributed by atoms with E-state index in [1.807, 2.05) is 7.05 Å². The van der Waals surface area contributed by atoms with Gasteiger partial charge in [-0.2, -0.15) is 0 Å². The van der Waals surface area contributed by atoms with Crippen LogP contribution in [0, 0.1) is 0 Å². The highest BCUT2D eigenvalue weighted by Gasteiger charge is 2.01. The topological polar surface area (TPSA) is 100 Å². The summed E-state index contributed by atoms with van der Waals surface area (Å²) in [4.78, 5) is 6.19. The molecular formula is C11H21N5O. The molecule has 0 bridgehead atoms. The van der Waals surface area contributed by atoms with Crippen LogP contribution in [0.3, 0.4) is 0 Å². The van der Waals surface area contributed by atoms with Crippen LogP contribution < -0.4 is 16.8 Å². The lowest BCUT2D eigenvalue weighted by molar-refractivity contribution is 0.221. The average Bonchev–Trinajstić information content (AvgIpc) is 2.27. The number of hydrogen-bond acceptors (Lipinski definition) is 6. The third kappa shape index (κ3) is 4.88. The van der Waals surface area contributed by atoms with E-state index in [0.29, 0.717) is 23.7 Å². The highest BCUT2D eigenvalue weighted by Crippen LogP contribution is 2.16. The highest BCUT2D eigenvalue weighted by atomic mass is 16.3. The Morgan fingerprint density at radius 1 is 1.41 bits per heavy atom. The number of aromatic nitrogens is 1. The molecule has 0 amide bonds. The van der Waals surface area contributed by atoms with Gasteiger partial charge in [0, 0.05) is 13.1 Å². The standard InChI is InChI=1S/C11H21N5O/c1-16(5-6-17)4-2-3-14-11-10(13)7-9(12)8-15-11/h7-8,17H,2-6,12-13H2,1H3,(H,14,15). The minimum atomic E-state index is 0.191. The Balaban J connectivity index is 2.26. The van der Waals surface area contributed by atoms with Crippen molar-refractivity contribution in [1.29, 1.82) is 0 Å². The van der Waals surface area contributed by atoms with E-state index < -0.39 is 0 Å². The summed E-state index contributed by atoms with van der Waals surface area (Å²) in [6, 6.07) is 1.69. The number of hydrogen-bond donors (Lipinski definition) is 4. The third-order valence-electron chi connectivity index (χ3n) is 2.43. The molecule has 0 unspecified atom stereocenters. The number of nitrogens with zero attached hydrogens (tertiary/aromatic N) is 2. The van der Waals surface area contributed by atoms with Gasteiger partial charge < -0.3 is 26.8 Å². The van der Waals surface area contributed by atoms with Crippen LogP contribution >= 0.6 is 0 Å². The molecule has 1 heterocycles. The monoisotopic (exact) mass is 239 g/mol. The van der Waals surface area contributed by atoms with Crippen LogP contribution in [0.2, 0.25) is 0 Å². The molecule has 1 rings (SSSR count). The Hall–Kier alpha value is -1.53. The maximum atomic E-state index is 8.74. The Morgan fingerprint density at radius 2 is 2.18 bits per heavy atom.